The molecule has 2 atom stereocenters. The van der Waals surface area contributed by atoms with E-state index >= 15 is 0 Å². The molecule has 1 aliphatic carbocycles. The Balaban J connectivity index is 3.09. The summed E-state index contributed by atoms with van der Waals surface area (Å²) < 4.78 is 0. The summed E-state index contributed by atoms with van der Waals surface area (Å²) in [4.78, 5) is 0. The molecule has 0 aromatic rings. The van der Waals surface area contributed by atoms with Crippen LogP contribution in [0.2, 0.25) is 0 Å². The first-order valence-electron chi connectivity index (χ1n) is 7.47. The quantitative estimate of drug-likeness (QED) is 0.500. The lowest BCUT2D eigenvalue weighted by Gasteiger charge is -2.42. The van der Waals surface area contributed by atoms with Gasteiger partial charge in [-0.1, -0.05) is 63.0 Å². The van der Waals surface area contributed by atoms with Gasteiger partial charge < -0.3 is 0 Å². The largest absolute Gasteiger partial charge is 0.102 e. The first-order chi connectivity index (χ1) is 8.48. The third kappa shape index (κ3) is 3.16. The predicted octanol–water partition coefficient (Wildman–Crippen LogP) is 6.06. The van der Waals surface area contributed by atoms with Crippen molar-refractivity contribution in [2.45, 2.75) is 66.2 Å². The van der Waals surface area contributed by atoms with Crippen molar-refractivity contribution in [3.05, 3.63) is 36.0 Å². The summed E-state index contributed by atoms with van der Waals surface area (Å²) in [5, 5.41) is 0. The average molecular weight is 246 g/mol. The molecule has 0 aromatic carbocycles. The summed E-state index contributed by atoms with van der Waals surface area (Å²) in [5.41, 5.74) is 4.96. The lowest BCUT2D eigenvalue weighted by atomic mass is 9.62. The molecule has 0 saturated carbocycles. The summed E-state index contributed by atoms with van der Waals surface area (Å²) in [6, 6.07) is 0. The molecule has 0 nitrogen and oxygen atoms in total. The van der Waals surface area contributed by atoms with Crippen molar-refractivity contribution in [2.24, 2.45) is 11.3 Å². The molecule has 0 heteroatoms. The van der Waals surface area contributed by atoms with Gasteiger partial charge >= 0.3 is 0 Å². The fourth-order valence-corrected chi connectivity index (χ4v) is 3.43. The maximum Gasteiger partial charge on any atom is -0.00437 e. The molecular formula is C18H30. The van der Waals surface area contributed by atoms with Gasteiger partial charge in [0.25, 0.3) is 0 Å². The van der Waals surface area contributed by atoms with E-state index in [4.69, 9.17) is 0 Å². The Bertz CT molecular complexity index is 345. The zero-order chi connectivity index (χ0) is 13.8. The standard InChI is InChI=1S/C18H30/c1-7-10-15-12-17(14(4)5)18(6,9-3)13-16(15)11-8-2/h9,17H,3-4,7-8,10-13H2,1-2,5-6H3/t17-,18-/m1/s1. The molecule has 0 spiro atoms. The molecule has 0 N–H and O–H groups in total. The van der Waals surface area contributed by atoms with Gasteiger partial charge in [0.05, 0.1) is 0 Å². The van der Waals surface area contributed by atoms with Crippen LogP contribution in [0, 0.1) is 11.3 Å². The number of allylic oxidation sites excluding steroid dienone is 4. The van der Waals surface area contributed by atoms with Crippen LogP contribution in [0.1, 0.15) is 66.2 Å². The highest BCUT2D eigenvalue weighted by molar-refractivity contribution is 5.28. The van der Waals surface area contributed by atoms with Crippen molar-refractivity contribution < 1.29 is 0 Å². The van der Waals surface area contributed by atoms with Crippen LogP contribution < -0.4 is 0 Å². The van der Waals surface area contributed by atoms with Crippen LogP contribution in [-0.4, -0.2) is 0 Å². The van der Waals surface area contributed by atoms with Gasteiger partial charge in [-0.3, -0.25) is 0 Å². The summed E-state index contributed by atoms with van der Waals surface area (Å²) in [6.45, 7) is 17.4. The Hall–Kier alpha value is -0.780. The Morgan fingerprint density at radius 1 is 1.28 bits per heavy atom. The minimum atomic E-state index is 0.216. The van der Waals surface area contributed by atoms with Gasteiger partial charge in [-0.25, -0.2) is 0 Å². The van der Waals surface area contributed by atoms with E-state index in [-0.39, 0.29) is 5.41 Å². The van der Waals surface area contributed by atoms with E-state index < -0.39 is 0 Å². The highest BCUT2D eigenvalue weighted by Gasteiger charge is 2.37. The first-order valence-corrected chi connectivity index (χ1v) is 7.47. The van der Waals surface area contributed by atoms with Crippen molar-refractivity contribution in [1.29, 1.82) is 0 Å². The summed E-state index contributed by atoms with van der Waals surface area (Å²) in [6.07, 6.45) is 9.63. The van der Waals surface area contributed by atoms with Crippen LogP contribution in [-0.2, 0) is 0 Å². The lowest BCUT2D eigenvalue weighted by Crippen LogP contribution is -2.31. The molecule has 0 aliphatic heterocycles. The second-order valence-corrected chi connectivity index (χ2v) is 6.20. The fraction of sp³-hybridized carbons (Fsp3) is 0.667. The van der Waals surface area contributed by atoms with E-state index in [9.17, 15) is 0 Å². The third-order valence-electron chi connectivity index (χ3n) is 4.51. The lowest BCUT2D eigenvalue weighted by molar-refractivity contribution is 0.264. The summed E-state index contributed by atoms with van der Waals surface area (Å²) >= 11 is 0. The van der Waals surface area contributed by atoms with E-state index in [0.717, 1.165) is 0 Å². The average Bonchev–Trinajstić information content (AvgIpc) is 2.32. The molecule has 1 rings (SSSR count). The second-order valence-electron chi connectivity index (χ2n) is 6.20. The molecule has 0 heterocycles. The Morgan fingerprint density at radius 2 is 1.83 bits per heavy atom. The molecule has 0 unspecified atom stereocenters. The maximum atomic E-state index is 4.22. The Labute approximate surface area is 114 Å². The molecule has 1 aliphatic rings. The first kappa shape index (κ1) is 15.3. The minimum Gasteiger partial charge on any atom is -0.102 e. The van der Waals surface area contributed by atoms with Crippen molar-refractivity contribution in [1.82, 2.24) is 0 Å². The van der Waals surface area contributed by atoms with E-state index in [1.165, 1.54) is 44.1 Å². The smallest absolute Gasteiger partial charge is 0.00437 e. The van der Waals surface area contributed by atoms with Crippen molar-refractivity contribution in [2.75, 3.05) is 0 Å². The molecule has 0 aromatic heterocycles. The molecule has 102 valence electrons. The monoisotopic (exact) mass is 246 g/mol. The number of hydrogen-bond donors (Lipinski definition) is 0. The molecule has 0 amide bonds. The van der Waals surface area contributed by atoms with Gasteiger partial charge in [0.1, 0.15) is 0 Å². The molecule has 0 bridgehead atoms. The zero-order valence-corrected chi connectivity index (χ0v) is 12.8. The van der Waals surface area contributed by atoms with E-state index in [2.05, 4.69) is 46.9 Å². The fourth-order valence-electron chi connectivity index (χ4n) is 3.43. The van der Waals surface area contributed by atoms with Crippen molar-refractivity contribution >= 4 is 0 Å². The van der Waals surface area contributed by atoms with Gasteiger partial charge in [0.15, 0.2) is 0 Å². The zero-order valence-electron chi connectivity index (χ0n) is 12.8. The molecule has 0 saturated heterocycles. The topological polar surface area (TPSA) is 0 Å². The molecule has 18 heavy (non-hydrogen) atoms. The Morgan fingerprint density at radius 3 is 2.28 bits per heavy atom. The number of hydrogen-bond acceptors (Lipinski definition) is 0. The van der Waals surface area contributed by atoms with E-state index in [0.29, 0.717) is 5.92 Å². The normalized spacial score (nSPS) is 28.3. The van der Waals surface area contributed by atoms with Crippen LogP contribution in [0.4, 0.5) is 0 Å². The maximum absolute atomic E-state index is 4.22. The van der Waals surface area contributed by atoms with Crippen LogP contribution in [0.5, 0.6) is 0 Å². The summed E-state index contributed by atoms with van der Waals surface area (Å²) in [7, 11) is 0. The summed E-state index contributed by atoms with van der Waals surface area (Å²) in [5.74, 6) is 0.581. The minimum absolute atomic E-state index is 0.216. The van der Waals surface area contributed by atoms with Gasteiger partial charge in [-0.15, -0.1) is 6.58 Å². The van der Waals surface area contributed by atoms with Crippen LogP contribution in [0.25, 0.3) is 0 Å². The Kier molecular flexibility index (Phi) is 5.44. The van der Waals surface area contributed by atoms with Crippen LogP contribution >= 0.6 is 0 Å². The highest BCUT2D eigenvalue weighted by Crippen LogP contribution is 2.49. The van der Waals surface area contributed by atoms with Gasteiger partial charge in [-0.2, -0.15) is 0 Å². The predicted molar refractivity (Wildman–Crippen MR) is 82.7 cm³/mol. The number of rotatable bonds is 6. The highest BCUT2D eigenvalue weighted by atomic mass is 14.4. The van der Waals surface area contributed by atoms with Crippen LogP contribution in [0.3, 0.4) is 0 Å². The van der Waals surface area contributed by atoms with Gasteiger partial charge in [0, 0.05) is 0 Å². The van der Waals surface area contributed by atoms with Gasteiger partial charge in [-0.05, 0) is 43.9 Å². The van der Waals surface area contributed by atoms with E-state index in [1.807, 2.05) is 0 Å². The molecule has 0 fully saturated rings. The SMILES string of the molecule is C=C[C@]1(C)CC(CCC)=C(CCC)C[C@@H]1C(=C)C. The third-order valence-corrected chi connectivity index (χ3v) is 4.51. The van der Waals surface area contributed by atoms with Crippen molar-refractivity contribution in [3.8, 4) is 0 Å². The second kappa shape index (κ2) is 6.41. The molecule has 0 radical (unpaired) electrons. The molecular weight excluding hydrogens is 216 g/mol. The van der Waals surface area contributed by atoms with Crippen LogP contribution in [0.15, 0.2) is 36.0 Å². The van der Waals surface area contributed by atoms with Gasteiger partial charge in [0.2, 0.25) is 0 Å². The van der Waals surface area contributed by atoms with E-state index in [1.54, 1.807) is 11.1 Å². The van der Waals surface area contributed by atoms with Crippen molar-refractivity contribution in [3.63, 3.8) is 0 Å².